The number of carbonyl (C=O) groups excluding carboxylic acids is 3. The molecule has 1 aromatic heterocycles. The van der Waals surface area contributed by atoms with Crippen molar-refractivity contribution in [3.8, 4) is 5.75 Å². The number of Topliss-reactive ketones (excluding diaryl/α,β-unsaturated/α-hetero) is 1. The highest BCUT2D eigenvalue weighted by atomic mass is 16.5. The van der Waals surface area contributed by atoms with Crippen molar-refractivity contribution in [3.63, 3.8) is 0 Å². The molecule has 0 aliphatic carbocycles. The second kappa shape index (κ2) is 8.60. The van der Waals surface area contributed by atoms with Gasteiger partial charge >= 0.3 is 0 Å². The molecule has 3 N–H and O–H groups in total. The van der Waals surface area contributed by atoms with Gasteiger partial charge in [0.25, 0.3) is 5.91 Å². The zero-order chi connectivity index (χ0) is 21.0. The smallest absolute Gasteiger partial charge is 0.255 e. The van der Waals surface area contributed by atoms with Gasteiger partial charge < -0.3 is 14.9 Å². The van der Waals surface area contributed by atoms with Gasteiger partial charge in [-0.2, -0.15) is 0 Å². The molecule has 0 fully saturated rings. The highest BCUT2D eigenvalue weighted by Gasteiger charge is 2.26. The van der Waals surface area contributed by atoms with E-state index in [4.69, 9.17) is 14.9 Å². The Kier molecular flexibility index (Phi) is 5.97. The standard InChI is InChI=1S/C22H22N2O5/c1-13(25)19-14(2)29-22(20(19)21(23)27)24-18(26)8-5-11-28-17-10-9-15-6-3-4-7-16(15)12-17/h3-4,6-7,9-10,12H,5,8,11H2,1-2H3,(H2,23,27)(H,24,26). The summed E-state index contributed by atoms with van der Waals surface area (Å²) in [5.74, 6) is -0.681. The summed E-state index contributed by atoms with van der Waals surface area (Å²) in [6.07, 6.45) is 0.616. The second-order valence-electron chi connectivity index (χ2n) is 6.67. The third-order valence-electron chi connectivity index (χ3n) is 4.47. The van der Waals surface area contributed by atoms with Gasteiger partial charge in [-0.15, -0.1) is 0 Å². The summed E-state index contributed by atoms with van der Waals surface area (Å²) < 4.78 is 11.1. The topological polar surface area (TPSA) is 112 Å². The quantitative estimate of drug-likeness (QED) is 0.445. The van der Waals surface area contributed by atoms with E-state index in [0.717, 1.165) is 16.5 Å². The summed E-state index contributed by atoms with van der Waals surface area (Å²) in [4.78, 5) is 35.6. The Hall–Kier alpha value is -3.61. The molecule has 0 saturated carbocycles. The van der Waals surface area contributed by atoms with Gasteiger partial charge in [-0.1, -0.05) is 30.3 Å². The number of hydrogen-bond acceptors (Lipinski definition) is 5. The van der Waals surface area contributed by atoms with Crippen LogP contribution in [-0.2, 0) is 4.79 Å². The fourth-order valence-corrected chi connectivity index (χ4v) is 3.16. The molecular weight excluding hydrogens is 372 g/mol. The van der Waals surface area contributed by atoms with E-state index in [2.05, 4.69) is 5.32 Å². The van der Waals surface area contributed by atoms with Crippen molar-refractivity contribution in [2.75, 3.05) is 11.9 Å². The zero-order valence-electron chi connectivity index (χ0n) is 16.3. The maximum Gasteiger partial charge on any atom is 0.255 e. The Morgan fingerprint density at radius 1 is 1.07 bits per heavy atom. The Morgan fingerprint density at radius 3 is 2.48 bits per heavy atom. The van der Waals surface area contributed by atoms with E-state index in [1.807, 2.05) is 42.5 Å². The summed E-state index contributed by atoms with van der Waals surface area (Å²) in [6, 6.07) is 13.8. The molecule has 0 spiro atoms. The van der Waals surface area contributed by atoms with E-state index in [1.165, 1.54) is 13.8 Å². The van der Waals surface area contributed by atoms with Gasteiger partial charge in [0.05, 0.1) is 12.2 Å². The third kappa shape index (κ3) is 4.63. The molecule has 0 atom stereocenters. The summed E-state index contributed by atoms with van der Waals surface area (Å²) in [7, 11) is 0. The van der Waals surface area contributed by atoms with Crippen LogP contribution in [0.25, 0.3) is 10.8 Å². The van der Waals surface area contributed by atoms with Crippen LogP contribution < -0.4 is 15.8 Å². The van der Waals surface area contributed by atoms with E-state index in [0.29, 0.717) is 13.0 Å². The van der Waals surface area contributed by atoms with Gasteiger partial charge in [0.2, 0.25) is 11.8 Å². The molecular formula is C22H22N2O5. The number of benzene rings is 2. The van der Waals surface area contributed by atoms with Gasteiger partial charge in [-0.25, -0.2) is 0 Å². The minimum absolute atomic E-state index is 0.0902. The van der Waals surface area contributed by atoms with Crippen LogP contribution in [0.5, 0.6) is 5.75 Å². The van der Waals surface area contributed by atoms with E-state index >= 15 is 0 Å². The van der Waals surface area contributed by atoms with Crippen LogP contribution >= 0.6 is 0 Å². The Bertz CT molecular complexity index is 1080. The van der Waals surface area contributed by atoms with Crippen LogP contribution in [-0.4, -0.2) is 24.2 Å². The average molecular weight is 394 g/mol. The molecule has 0 saturated heterocycles. The minimum atomic E-state index is -0.831. The van der Waals surface area contributed by atoms with Crippen molar-refractivity contribution < 1.29 is 23.5 Å². The molecule has 7 heteroatoms. The van der Waals surface area contributed by atoms with Gasteiger partial charge in [0.15, 0.2) is 5.78 Å². The molecule has 3 rings (SSSR count). The van der Waals surface area contributed by atoms with Crippen LogP contribution in [0.1, 0.15) is 46.2 Å². The highest BCUT2D eigenvalue weighted by Crippen LogP contribution is 2.27. The lowest BCUT2D eigenvalue weighted by molar-refractivity contribution is -0.116. The molecule has 2 aromatic carbocycles. The number of primary amides is 1. The average Bonchev–Trinajstić information content (AvgIpc) is 3.01. The number of carbonyl (C=O) groups is 3. The summed E-state index contributed by atoms with van der Waals surface area (Å²) >= 11 is 0. The molecule has 0 aliphatic heterocycles. The molecule has 2 amide bonds. The number of ether oxygens (including phenoxy) is 1. The Labute approximate surface area is 167 Å². The molecule has 29 heavy (non-hydrogen) atoms. The fourth-order valence-electron chi connectivity index (χ4n) is 3.16. The maximum absolute atomic E-state index is 12.2. The molecule has 0 radical (unpaired) electrons. The number of hydrogen-bond donors (Lipinski definition) is 2. The van der Waals surface area contributed by atoms with Crippen molar-refractivity contribution in [1.82, 2.24) is 0 Å². The molecule has 0 bridgehead atoms. The van der Waals surface area contributed by atoms with Crippen molar-refractivity contribution in [2.45, 2.75) is 26.7 Å². The summed E-state index contributed by atoms with van der Waals surface area (Å²) in [6.45, 7) is 3.20. The molecule has 0 unspecified atom stereocenters. The Balaban J connectivity index is 1.55. The van der Waals surface area contributed by atoms with Crippen LogP contribution in [0, 0.1) is 6.92 Å². The number of amides is 2. The molecule has 3 aromatic rings. The fraction of sp³-hybridized carbons (Fsp3) is 0.227. The maximum atomic E-state index is 12.2. The van der Waals surface area contributed by atoms with Crippen molar-refractivity contribution in [3.05, 3.63) is 59.4 Å². The summed E-state index contributed by atoms with van der Waals surface area (Å²) in [5.41, 5.74) is 5.33. The van der Waals surface area contributed by atoms with Gasteiger partial charge in [-0.05, 0) is 43.2 Å². The van der Waals surface area contributed by atoms with Crippen molar-refractivity contribution >= 4 is 34.3 Å². The Morgan fingerprint density at radius 2 is 1.79 bits per heavy atom. The number of nitrogens with one attached hydrogen (secondary N) is 1. The van der Waals surface area contributed by atoms with Crippen molar-refractivity contribution in [2.24, 2.45) is 5.73 Å². The van der Waals surface area contributed by atoms with Gasteiger partial charge in [-0.3, -0.25) is 19.7 Å². The third-order valence-corrected chi connectivity index (χ3v) is 4.47. The monoisotopic (exact) mass is 394 g/mol. The van der Waals surface area contributed by atoms with E-state index in [-0.39, 0.29) is 40.9 Å². The lowest BCUT2D eigenvalue weighted by Gasteiger charge is -2.08. The van der Waals surface area contributed by atoms with Crippen LogP contribution in [0.3, 0.4) is 0 Å². The number of nitrogens with two attached hydrogens (primary N) is 1. The number of ketones is 1. The number of furan rings is 1. The number of rotatable bonds is 8. The summed E-state index contributed by atoms with van der Waals surface area (Å²) in [5, 5.41) is 4.72. The lowest BCUT2D eigenvalue weighted by atomic mass is 10.1. The largest absolute Gasteiger partial charge is 0.494 e. The first-order valence-corrected chi connectivity index (χ1v) is 9.22. The van der Waals surface area contributed by atoms with Gasteiger partial charge in [0.1, 0.15) is 17.1 Å². The minimum Gasteiger partial charge on any atom is -0.494 e. The van der Waals surface area contributed by atoms with Crippen molar-refractivity contribution in [1.29, 1.82) is 0 Å². The molecule has 0 aliphatic rings. The van der Waals surface area contributed by atoms with Crippen LogP contribution in [0.15, 0.2) is 46.9 Å². The first kappa shape index (κ1) is 20.1. The number of fused-ring (bicyclic) bond motifs is 1. The van der Waals surface area contributed by atoms with Crippen LogP contribution in [0.2, 0.25) is 0 Å². The predicted molar refractivity (Wildman–Crippen MR) is 109 cm³/mol. The first-order chi connectivity index (χ1) is 13.9. The number of anilines is 1. The molecule has 150 valence electrons. The molecule has 7 nitrogen and oxygen atoms in total. The zero-order valence-corrected chi connectivity index (χ0v) is 16.3. The highest BCUT2D eigenvalue weighted by molar-refractivity contribution is 6.11. The van der Waals surface area contributed by atoms with Gasteiger partial charge in [0, 0.05) is 6.42 Å². The second-order valence-corrected chi connectivity index (χ2v) is 6.67. The van der Waals surface area contributed by atoms with E-state index in [1.54, 1.807) is 0 Å². The first-order valence-electron chi connectivity index (χ1n) is 9.22. The SMILES string of the molecule is CC(=O)c1c(C)oc(NC(=O)CCCOc2ccc3ccccc3c2)c1C(N)=O. The predicted octanol–water partition coefficient (Wildman–Crippen LogP) is 3.84. The van der Waals surface area contributed by atoms with E-state index < -0.39 is 5.91 Å². The number of aryl methyl sites for hydroxylation is 1. The van der Waals surface area contributed by atoms with E-state index in [9.17, 15) is 14.4 Å². The molecule has 1 heterocycles. The van der Waals surface area contributed by atoms with Crippen LogP contribution in [0.4, 0.5) is 5.88 Å². The normalized spacial score (nSPS) is 10.7. The lowest BCUT2D eigenvalue weighted by Crippen LogP contribution is -2.19.